The number of hydrogen-bond donors (Lipinski definition) is 2. The van der Waals surface area contributed by atoms with E-state index in [4.69, 9.17) is 4.74 Å². The van der Waals surface area contributed by atoms with Crippen molar-refractivity contribution in [3.05, 3.63) is 18.3 Å². The van der Waals surface area contributed by atoms with Crippen molar-refractivity contribution in [1.82, 2.24) is 4.98 Å². The van der Waals surface area contributed by atoms with Gasteiger partial charge in [0.15, 0.2) is 11.6 Å². The van der Waals surface area contributed by atoms with E-state index in [1.165, 1.54) is 0 Å². The summed E-state index contributed by atoms with van der Waals surface area (Å²) in [6.07, 6.45) is 2.07. The van der Waals surface area contributed by atoms with Gasteiger partial charge in [-0.15, -0.1) is 0 Å². The molecule has 0 spiro atoms. The van der Waals surface area contributed by atoms with Crippen LogP contribution in [0.4, 0.5) is 5.82 Å². The van der Waals surface area contributed by atoms with Crippen molar-refractivity contribution in [2.45, 2.75) is 32.4 Å². The van der Waals surface area contributed by atoms with Crippen molar-refractivity contribution in [2.75, 3.05) is 12.4 Å². The van der Waals surface area contributed by atoms with Crippen LogP contribution in [0, 0.1) is 0 Å². The van der Waals surface area contributed by atoms with Crippen molar-refractivity contribution in [3.8, 4) is 5.75 Å². The van der Waals surface area contributed by atoms with E-state index in [2.05, 4.69) is 10.3 Å². The van der Waals surface area contributed by atoms with Crippen molar-refractivity contribution < 1.29 is 9.84 Å². The molecule has 0 saturated heterocycles. The predicted octanol–water partition coefficient (Wildman–Crippen LogP) is 1.66. The molecule has 0 amide bonds. The number of aromatic nitrogens is 1. The van der Waals surface area contributed by atoms with Crippen molar-refractivity contribution in [2.24, 2.45) is 0 Å². The number of anilines is 1. The Morgan fingerprint density at radius 1 is 1.53 bits per heavy atom. The third kappa shape index (κ3) is 3.75. The van der Waals surface area contributed by atoms with Gasteiger partial charge in [0.1, 0.15) is 0 Å². The van der Waals surface area contributed by atoms with Gasteiger partial charge < -0.3 is 15.2 Å². The van der Waals surface area contributed by atoms with Crippen LogP contribution < -0.4 is 10.1 Å². The van der Waals surface area contributed by atoms with E-state index in [-0.39, 0.29) is 12.1 Å². The lowest BCUT2D eigenvalue weighted by Gasteiger charge is -2.17. The number of pyridine rings is 1. The summed E-state index contributed by atoms with van der Waals surface area (Å²) < 4.78 is 5.16. The summed E-state index contributed by atoms with van der Waals surface area (Å²) >= 11 is 0. The number of ether oxygens (including phenoxy) is 1. The molecule has 0 fully saturated rings. The van der Waals surface area contributed by atoms with Gasteiger partial charge in [0.05, 0.1) is 13.2 Å². The second-order valence-corrected chi connectivity index (χ2v) is 3.68. The number of aliphatic hydroxyl groups is 1. The van der Waals surface area contributed by atoms with E-state index in [0.717, 1.165) is 5.75 Å². The van der Waals surface area contributed by atoms with Gasteiger partial charge in [-0.25, -0.2) is 4.98 Å². The average molecular weight is 210 g/mol. The molecule has 1 rings (SSSR count). The minimum atomic E-state index is -0.317. The van der Waals surface area contributed by atoms with Gasteiger partial charge in [0.2, 0.25) is 0 Å². The summed E-state index contributed by atoms with van der Waals surface area (Å²) in [4.78, 5) is 4.18. The molecule has 0 aliphatic heterocycles. The van der Waals surface area contributed by atoms with E-state index in [1.807, 2.05) is 19.1 Å². The lowest BCUT2D eigenvalue weighted by atomic mass is 10.1. The number of aliphatic hydroxyl groups excluding tert-OH is 1. The van der Waals surface area contributed by atoms with Gasteiger partial charge in [-0.3, -0.25) is 0 Å². The molecule has 0 aliphatic carbocycles. The van der Waals surface area contributed by atoms with E-state index < -0.39 is 0 Å². The van der Waals surface area contributed by atoms with Gasteiger partial charge in [0.25, 0.3) is 0 Å². The zero-order chi connectivity index (χ0) is 11.3. The summed E-state index contributed by atoms with van der Waals surface area (Å²) in [5.74, 6) is 1.43. The van der Waals surface area contributed by atoms with Crippen molar-refractivity contribution >= 4 is 5.82 Å². The van der Waals surface area contributed by atoms with E-state index in [1.54, 1.807) is 20.2 Å². The maximum Gasteiger partial charge on any atom is 0.168 e. The number of rotatable bonds is 5. The first kappa shape index (κ1) is 11.8. The predicted molar refractivity (Wildman–Crippen MR) is 60.2 cm³/mol. The molecule has 2 N–H and O–H groups in total. The van der Waals surface area contributed by atoms with Crippen LogP contribution in [0.3, 0.4) is 0 Å². The SMILES string of the molecule is COc1cccnc1NC(C)CC(C)O. The molecular weight excluding hydrogens is 192 g/mol. The third-order valence-electron chi connectivity index (χ3n) is 2.07. The summed E-state index contributed by atoms with van der Waals surface area (Å²) in [5.41, 5.74) is 0. The molecule has 2 atom stereocenters. The molecule has 84 valence electrons. The number of hydrogen-bond acceptors (Lipinski definition) is 4. The van der Waals surface area contributed by atoms with Crippen LogP contribution in [0.2, 0.25) is 0 Å². The Bertz CT molecular complexity index is 302. The Morgan fingerprint density at radius 3 is 2.87 bits per heavy atom. The number of nitrogens with zero attached hydrogens (tertiary/aromatic N) is 1. The maximum absolute atomic E-state index is 9.24. The summed E-state index contributed by atoms with van der Waals surface area (Å²) in [7, 11) is 1.61. The van der Waals surface area contributed by atoms with Crippen LogP contribution in [-0.2, 0) is 0 Å². The topological polar surface area (TPSA) is 54.4 Å². The smallest absolute Gasteiger partial charge is 0.168 e. The minimum absolute atomic E-state index is 0.161. The minimum Gasteiger partial charge on any atom is -0.493 e. The van der Waals surface area contributed by atoms with E-state index in [0.29, 0.717) is 12.2 Å². The Kier molecular flexibility index (Phi) is 4.37. The molecule has 4 heteroatoms. The molecule has 0 bridgehead atoms. The fourth-order valence-corrected chi connectivity index (χ4v) is 1.47. The standard InChI is InChI=1S/C11H18N2O2/c1-8(7-9(2)14)13-11-10(15-3)5-4-6-12-11/h4-6,8-9,14H,7H2,1-3H3,(H,12,13). The summed E-state index contributed by atoms with van der Waals surface area (Å²) in [5, 5.41) is 12.4. The highest BCUT2D eigenvalue weighted by molar-refractivity contribution is 5.49. The van der Waals surface area contributed by atoms with Gasteiger partial charge in [-0.2, -0.15) is 0 Å². The molecular formula is C11H18N2O2. The Hall–Kier alpha value is -1.29. The molecule has 1 aromatic heterocycles. The fraction of sp³-hybridized carbons (Fsp3) is 0.545. The van der Waals surface area contributed by atoms with Crippen LogP contribution >= 0.6 is 0 Å². The Balaban J connectivity index is 2.63. The molecule has 4 nitrogen and oxygen atoms in total. The van der Waals surface area contributed by atoms with Crippen LogP contribution in [0.5, 0.6) is 5.75 Å². The zero-order valence-corrected chi connectivity index (χ0v) is 9.40. The van der Waals surface area contributed by atoms with Gasteiger partial charge in [-0.05, 0) is 32.4 Å². The largest absolute Gasteiger partial charge is 0.493 e. The fourth-order valence-electron chi connectivity index (χ4n) is 1.47. The maximum atomic E-state index is 9.24. The molecule has 2 unspecified atom stereocenters. The highest BCUT2D eigenvalue weighted by atomic mass is 16.5. The Morgan fingerprint density at radius 2 is 2.27 bits per heavy atom. The first-order valence-corrected chi connectivity index (χ1v) is 5.07. The van der Waals surface area contributed by atoms with Crippen LogP contribution in [-0.4, -0.2) is 29.3 Å². The van der Waals surface area contributed by atoms with Gasteiger partial charge >= 0.3 is 0 Å². The first-order chi connectivity index (χ1) is 7.13. The third-order valence-corrected chi connectivity index (χ3v) is 2.07. The molecule has 0 radical (unpaired) electrons. The molecule has 0 aromatic carbocycles. The quantitative estimate of drug-likeness (QED) is 0.776. The van der Waals surface area contributed by atoms with Crippen LogP contribution in [0.15, 0.2) is 18.3 Å². The molecule has 1 aromatic rings. The second-order valence-electron chi connectivity index (χ2n) is 3.68. The summed E-state index contributed by atoms with van der Waals surface area (Å²) in [6.45, 7) is 3.77. The van der Waals surface area contributed by atoms with E-state index >= 15 is 0 Å². The van der Waals surface area contributed by atoms with E-state index in [9.17, 15) is 5.11 Å². The van der Waals surface area contributed by atoms with Crippen LogP contribution in [0.1, 0.15) is 20.3 Å². The van der Waals surface area contributed by atoms with Crippen molar-refractivity contribution in [3.63, 3.8) is 0 Å². The number of nitrogens with one attached hydrogen (secondary N) is 1. The normalized spacial score (nSPS) is 14.4. The average Bonchev–Trinajstić information content (AvgIpc) is 2.17. The molecule has 0 aliphatic rings. The monoisotopic (exact) mass is 210 g/mol. The molecule has 0 saturated carbocycles. The molecule has 15 heavy (non-hydrogen) atoms. The van der Waals surface area contributed by atoms with Crippen LogP contribution in [0.25, 0.3) is 0 Å². The highest BCUT2D eigenvalue weighted by Gasteiger charge is 2.09. The Labute approximate surface area is 90.3 Å². The van der Waals surface area contributed by atoms with Gasteiger partial charge in [-0.1, -0.05) is 0 Å². The highest BCUT2D eigenvalue weighted by Crippen LogP contribution is 2.21. The summed E-state index contributed by atoms with van der Waals surface area (Å²) in [6, 6.07) is 3.84. The second kappa shape index (κ2) is 5.56. The lowest BCUT2D eigenvalue weighted by Crippen LogP contribution is -2.21. The molecule has 1 heterocycles. The van der Waals surface area contributed by atoms with Gasteiger partial charge in [0, 0.05) is 12.2 Å². The lowest BCUT2D eigenvalue weighted by molar-refractivity contribution is 0.179. The zero-order valence-electron chi connectivity index (χ0n) is 9.40. The van der Waals surface area contributed by atoms with Crippen molar-refractivity contribution in [1.29, 1.82) is 0 Å². The first-order valence-electron chi connectivity index (χ1n) is 5.07. The number of methoxy groups -OCH3 is 1.